The van der Waals surface area contributed by atoms with Crippen molar-refractivity contribution in [3.05, 3.63) is 0 Å². The van der Waals surface area contributed by atoms with Crippen molar-refractivity contribution in [2.75, 3.05) is 356 Å². The van der Waals surface area contributed by atoms with Crippen LogP contribution in [0.5, 0.6) is 0 Å². The predicted octanol–water partition coefficient (Wildman–Crippen LogP) is 28.7. The van der Waals surface area contributed by atoms with E-state index in [2.05, 4.69) is 271 Å². The van der Waals surface area contributed by atoms with Gasteiger partial charge in [0.1, 0.15) is 0 Å². The van der Waals surface area contributed by atoms with E-state index in [1.54, 1.807) is 215 Å². The van der Waals surface area contributed by atoms with Gasteiger partial charge in [-0.05, 0) is 184 Å². The molecule has 0 rings (SSSR count). The summed E-state index contributed by atoms with van der Waals surface area (Å²) in [5, 5.41) is 0. The Hall–Kier alpha value is 13.3. The van der Waals surface area contributed by atoms with Crippen LogP contribution in [0.15, 0.2) is 0 Å². The molecule has 0 aliphatic heterocycles. The monoisotopic (exact) mass is 2300 g/mol. The topological polar surface area (TPSA) is 83.1 Å². The van der Waals surface area contributed by atoms with Gasteiger partial charge in [0, 0.05) is 111 Å². The minimum absolute atomic E-state index is 0. The van der Waals surface area contributed by atoms with Crippen LogP contribution in [0.3, 0.4) is 0 Å². The Bertz CT molecular complexity index is 793. The molecule has 0 fully saturated rings. The smallest absolute Gasteiger partial charge is 0.0565 e. The molecule has 0 saturated carbocycles. The van der Waals surface area contributed by atoms with Gasteiger partial charge in [-0.3, -0.25) is 0 Å². The van der Waals surface area contributed by atoms with Crippen molar-refractivity contribution in [2.24, 2.45) is 0 Å². The van der Waals surface area contributed by atoms with E-state index in [4.69, 9.17) is 45.6 Å². The minimum atomic E-state index is 0. The van der Waals surface area contributed by atoms with Crippen molar-refractivity contribution in [1.29, 1.82) is 0 Å². The quantitative estimate of drug-likeness (QED) is 0.0162. The second-order valence-corrected chi connectivity index (χ2v) is 45.8. The summed E-state index contributed by atoms with van der Waals surface area (Å²) in [7, 11) is 43.6. The molecule has 0 aliphatic rings. The Kier molecular flexibility index (Phi) is 461. The van der Waals surface area contributed by atoms with Crippen LogP contribution >= 0.6 is 448 Å². The predicted molar refractivity (Wildman–Crippen MR) is 658 cm³/mol. The molecule has 9 nitrogen and oxygen atoms in total. The van der Waals surface area contributed by atoms with Crippen molar-refractivity contribution in [3.8, 4) is 0 Å². The summed E-state index contributed by atoms with van der Waals surface area (Å²) in [5.41, 5.74) is 0. The van der Waals surface area contributed by atoms with Crippen molar-refractivity contribution < 1.29 is 47.0 Å². The van der Waals surface area contributed by atoms with E-state index in [1.807, 2.05) is 146 Å². The van der Waals surface area contributed by atoms with Gasteiger partial charge in [0.15, 0.2) is 0 Å². The zero-order valence-electron chi connectivity index (χ0n) is 73.8. The van der Waals surface area contributed by atoms with Crippen LogP contribution in [-0.2, 0) is 42.6 Å². The standard InChI is InChI=1S/3C6H14OS4.C5H12OS3.4C5H12OS2.C4H10OS2.C2H6S2.12CH4S.2H2/c3*1-8-10-5-3-7-4-6-11-9-2;1-8-9-5-3-6-2-4-7;4*1-3-6-4-5-8-7-2;6-3-1-5-2-4-7;1-3-4-2;12*1-2;;/h3*3-6H2,1-2H3;7H,2-5H2,1H3;4*3-5H2,1-2H3;6-7H,1-4H2;1-2H3;12*2H,1H3;2*1H/i;;;;;;;;;;;;;;;;;;;;;;1+2D;1+2. The molecule has 0 bridgehead atoms. The van der Waals surface area contributed by atoms with E-state index in [0.717, 1.165) is 199 Å². The number of rotatable bonds is 55. The van der Waals surface area contributed by atoms with Gasteiger partial charge in [-0.15, -0.1) is 0 Å². The lowest BCUT2D eigenvalue weighted by Crippen LogP contribution is -1.99. The molecule has 0 saturated heterocycles. The average Bonchev–Trinajstić information content (AvgIpc) is 2.89. The van der Waals surface area contributed by atoms with Crippen LogP contribution in [0.1, 0.15) is 32.1 Å². The summed E-state index contributed by atoms with van der Waals surface area (Å²) in [6.45, 7) is 23.4. The first kappa shape index (κ1) is 175. The Balaban J connectivity index is -0.0000000339. The van der Waals surface area contributed by atoms with E-state index in [0.29, 0.717) is 0 Å². The molecule has 109 heavy (non-hydrogen) atoms. The molecule has 0 atom stereocenters. The highest BCUT2D eigenvalue weighted by Crippen LogP contribution is 2.21. The number of ether oxygens (including phenoxy) is 9. The summed E-state index contributed by atoms with van der Waals surface area (Å²) in [6, 6.07) is 0. The van der Waals surface area contributed by atoms with Crippen LogP contribution in [0, 0.1) is 0 Å². The molecule has 0 amide bonds. The third-order valence-corrected chi connectivity index (χ3v) is 27.8. The highest BCUT2D eigenvalue weighted by atomic mass is 33.1. The van der Waals surface area contributed by atoms with Crippen molar-refractivity contribution in [1.82, 2.24) is 0 Å². The summed E-state index contributed by atoms with van der Waals surface area (Å²) in [6.07, 6.45) is 47.4. The van der Waals surface area contributed by atoms with Gasteiger partial charge in [-0.2, -0.15) is 189 Å². The van der Waals surface area contributed by atoms with Crippen molar-refractivity contribution in [3.63, 3.8) is 0 Å². The lowest BCUT2D eigenvalue weighted by Gasteiger charge is -2.00. The molecule has 0 heterocycles. The summed E-state index contributed by atoms with van der Waals surface area (Å²) >= 11 is 54.2. The lowest BCUT2D eigenvalue weighted by molar-refractivity contribution is 0.164. The van der Waals surface area contributed by atoms with Crippen LogP contribution in [0.2, 0.25) is 0 Å². The van der Waals surface area contributed by atoms with E-state index < -0.39 is 0 Å². The second kappa shape index (κ2) is 286. The van der Waals surface area contributed by atoms with E-state index in [9.17, 15) is 0 Å². The fourth-order valence-corrected chi connectivity index (χ4v) is 15.2. The largest absolute Gasteiger partial charge is 0.381 e. The minimum Gasteiger partial charge on any atom is -0.381 e. The molecule has 0 radical (unpaired) electrons. The number of hydrogen-bond acceptors (Lipinski definition) is 48. The summed E-state index contributed by atoms with van der Waals surface area (Å²) in [5.74, 6) is 14.5. The molecule has 702 valence electrons. The fraction of sp³-hybridized carbons (Fsp3) is 1.00. The summed E-state index contributed by atoms with van der Waals surface area (Å²) in [4.78, 5) is 0. The zero-order chi connectivity index (χ0) is 92.0. The first-order valence-electron chi connectivity index (χ1n) is 32.8. The highest BCUT2D eigenvalue weighted by Gasteiger charge is 1.93. The SMILES string of the molecule is CCOCCSSC.CCOCCSSC.CCOCCSSC.CCOCCSSC.CS.CS.CS.CS.CS.CS.CS.CS.CS.CS.CS.CS.CSSC.CSSCCOCCS.CSSCCOCCSSC.CSSCCOCCSSC.CSSCCOCCSSC.SCCOCCS.[2H][3H].[3HH]. The number of thiol groups is 15. The first-order valence-corrected chi connectivity index (χ1v) is 77.4. The Morgan fingerprint density at radius 3 is 0.349 bits per heavy atom. The molecule has 0 aromatic heterocycles. The molecule has 0 aromatic carbocycles. The first-order chi connectivity index (χ1) is 54.6. The molecule has 0 spiro atoms. The molecule has 0 aliphatic carbocycles. The molecule has 0 N–H and O–H groups in total. The maximum Gasteiger partial charge on any atom is 0.0565 e. The van der Waals surface area contributed by atoms with Gasteiger partial charge < -0.3 is 42.6 Å². The van der Waals surface area contributed by atoms with Crippen molar-refractivity contribution >= 4 is 448 Å². The van der Waals surface area contributed by atoms with Crippen LogP contribution in [0.25, 0.3) is 0 Å². The Labute approximate surface area is 865 Å². The Morgan fingerprint density at radius 1 is 0.174 bits per heavy atom. The molecular weight excluding hydrogens is 2130 g/mol. The maximum atomic E-state index is 5.37. The lowest BCUT2D eigenvalue weighted by atomic mass is 10.8. The van der Waals surface area contributed by atoms with Crippen LogP contribution in [0.4, 0.5) is 0 Å². The van der Waals surface area contributed by atoms with Gasteiger partial charge in [0.05, 0.1) is 92.5 Å². The normalized spacial score (nSPS) is 8.44. The van der Waals surface area contributed by atoms with Crippen LogP contribution in [-0.4, -0.2) is 356 Å². The number of hydrogen-bond donors (Lipinski definition) is 15. The van der Waals surface area contributed by atoms with E-state index in [1.165, 1.54) is 0 Å². The molecule has 0 unspecified atom stereocenters. The zero-order valence-corrected chi connectivity index (χ0v) is 105. The molecule has 0 aromatic rings. The van der Waals surface area contributed by atoms with Crippen LogP contribution < -0.4 is 0 Å². The van der Waals surface area contributed by atoms with Gasteiger partial charge in [-0.1, -0.05) is 259 Å². The van der Waals surface area contributed by atoms with E-state index >= 15 is 0 Å². The van der Waals surface area contributed by atoms with E-state index in [-0.39, 0.29) is 1.43 Å². The maximum absolute atomic E-state index is 5.37. The van der Waals surface area contributed by atoms with Gasteiger partial charge >= 0.3 is 0 Å². The third-order valence-electron chi connectivity index (χ3n) is 6.41. The van der Waals surface area contributed by atoms with Gasteiger partial charge in [0.25, 0.3) is 0 Å². The average molecular weight is 2300 g/mol. The fourth-order valence-electron chi connectivity index (χ4n) is 3.22. The summed E-state index contributed by atoms with van der Waals surface area (Å²) < 4.78 is 56.7. The van der Waals surface area contributed by atoms with Gasteiger partial charge in [0.2, 0.25) is 0 Å². The third kappa shape index (κ3) is 370. The Morgan fingerprint density at radius 2 is 0.266 bits per heavy atom. The molecule has 48 heteroatoms. The molecular formula is C61H170O9S39. The second-order valence-electron chi connectivity index (χ2n) is 12.2. The highest BCUT2D eigenvalue weighted by molar-refractivity contribution is 8.79. The van der Waals surface area contributed by atoms with Gasteiger partial charge in [-0.25, -0.2) is 0 Å². The van der Waals surface area contributed by atoms with Crippen molar-refractivity contribution in [2.45, 2.75) is 27.7 Å².